The third-order valence-corrected chi connectivity index (χ3v) is 3.09. The summed E-state index contributed by atoms with van der Waals surface area (Å²) in [5.74, 6) is -0.930. The van der Waals surface area contributed by atoms with E-state index >= 15 is 0 Å². The van der Waals surface area contributed by atoms with Crippen LogP contribution in [0.3, 0.4) is 0 Å². The van der Waals surface area contributed by atoms with Gasteiger partial charge in [-0.2, -0.15) is 5.10 Å². The van der Waals surface area contributed by atoms with Crippen LogP contribution in [-0.2, 0) is 4.74 Å². The van der Waals surface area contributed by atoms with E-state index in [4.69, 9.17) is 0 Å². The summed E-state index contributed by atoms with van der Waals surface area (Å²) in [5, 5.41) is 9.88. The van der Waals surface area contributed by atoms with Gasteiger partial charge in [0, 0.05) is 17.3 Å². The summed E-state index contributed by atoms with van der Waals surface area (Å²) < 4.78 is 4.60. The van der Waals surface area contributed by atoms with Crippen LogP contribution in [0.4, 0.5) is 5.69 Å². The van der Waals surface area contributed by atoms with Crippen LogP contribution in [0.25, 0.3) is 10.9 Å². The molecule has 0 spiro atoms. The number of hydrogen-bond donors (Lipinski definition) is 3. The number of nitrogens with zero attached hydrogens (tertiary/aromatic N) is 1. The van der Waals surface area contributed by atoms with Crippen LogP contribution in [0, 0.1) is 0 Å². The fraction of sp³-hybridized carbons (Fsp3) is 0.0714. The Morgan fingerprint density at radius 1 is 1.29 bits per heavy atom. The minimum atomic E-state index is -0.595. The highest BCUT2D eigenvalue weighted by Crippen LogP contribution is 2.17. The van der Waals surface area contributed by atoms with Crippen LogP contribution >= 0.6 is 0 Å². The first-order chi connectivity index (χ1) is 10.2. The van der Waals surface area contributed by atoms with Crippen molar-refractivity contribution in [2.45, 2.75) is 0 Å². The van der Waals surface area contributed by atoms with Crippen molar-refractivity contribution in [1.82, 2.24) is 15.2 Å². The number of hydrogen-bond acceptors (Lipinski definition) is 4. The third kappa shape index (κ3) is 2.36. The fourth-order valence-corrected chi connectivity index (χ4v) is 2.02. The minimum Gasteiger partial charge on any atom is -0.464 e. The number of ether oxygens (including phenoxy) is 1. The number of rotatable bonds is 3. The van der Waals surface area contributed by atoms with Gasteiger partial charge in [-0.15, -0.1) is 0 Å². The smallest absolute Gasteiger partial charge is 0.358 e. The normalized spacial score (nSPS) is 10.5. The number of aromatic amines is 2. The summed E-state index contributed by atoms with van der Waals surface area (Å²) in [7, 11) is 1.26. The van der Waals surface area contributed by atoms with Crippen molar-refractivity contribution in [3.63, 3.8) is 0 Å². The maximum atomic E-state index is 12.2. The quantitative estimate of drug-likeness (QED) is 0.640. The number of esters is 1. The molecule has 0 bridgehead atoms. The minimum absolute atomic E-state index is 0.104. The molecule has 0 fully saturated rings. The average Bonchev–Trinajstić information content (AvgIpc) is 3.14. The van der Waals surface area contributed by atoms with E-state index in [-0.39, 0.29) is 17.3 Å². The van der Waals surface area contributed by atoms with Gasteiger partial charge < -0.3 is 15.0 Å². The first-order valence-corrected chi connectivity index (χ1v) is 6.19. The van der Waals surface area contributed by atoms with Crippen molar-refractivity contribution in [2.24, 2.45) is 0 Å². The van der Waals surface area contributed by atoms with Gasteiger partial charge in [0.05, 0.1) is 19.0 Å². The van der Waals surface area contributed by atoms with E-state index in [1.807, 2.05) is 12.1 Å². The lowest BCUT2D eigenvalue weighted by Crippen LogP contribution is -2.14. The number of carbonyl (C=O) groups excluding carboxylic acids is 2. The Morgan fingerprint density at radius 3 is 2.95 bits per heavy atom. The lowest BCUT2D eigenvalue weighted by atomic mass is 10.1. The Balaban J connectivity index is 1.86. The molecule has 2 aromatic heterocycles. The second-order valence-corrected chi connectivity index (χ2v) is 4.38. The van der Waals surface area contributed by atoms with E-state index in [0.717, 1.165) is 10.9 Å². The van der Waals surface area contributed by atoms with Crippen molar-refractivity contribution in [3.05, 3.63) is 47.9 Å². The number of H-pyrrole nitrogens is 2. The molecular formula is C14H12N4O3. The van der Waals surface area contributed by atoms with Crippen LogP contribution in [0.15, 0.2) is 36.7 Å². The number of nitrogens with one attached hydrogen (secondary N) is 3. The molecule has 0 saturated carbocycles. The molecular weight excluding hydrogens is 272 g/mol. The summed E-state index contributed by atoms with van der Waals surface area (Å²) in [6.45, 7) is 0. The van der Waals surface area contributed by atoms with Crippen molar-refractivity contribution in [3.8, 4) is 0 Å². The number of benzene rings is 1. The Bertz CT molecular complexity index is 818. The maximum Gasteiger partial charge on any atom is 0.358 e. The van der Waals surface area contributed by atoms with E-state index in [0.29, 0.717) is 5.56 Å². The highest BCUT2D eigenvalue weighted by Gasteiger charge is 2.17. The van der Waals surface area contributed by atoms with E-state index in [1.54, 1.807) is 18.3 Å². The Labute approximate surface area is 119 Å². The van der Waals surface area contributed by atoms with Crippen LogP contribution in [-0.4, -0.2) is 34.2 Å². The number of fused-ring (bicyclic) bond motifs is 1. The SMILES string of the molecule is COC(=O)c1[nH]ncc1NC(=O)c1ccc2cc[nH]c2c1. The summed E-state index contributed by atoms with van der Waals surface area (Å²) in [6.07, 6.45) is 3.16. The van der Waals surface area contributed by atoms with Gasteiger partial charge in [0.15, 0.2) is 5.69 Å². The molecule has 0 radical (unpaired) electrons. The molecule has 7 heteroatoms. The molecule has 0 saturated heterocycles. The van der Waals surface area contributed by atoms with Crippen LogP contribution < -0.4 is 5.32 Å². The van der Waals surface area contributed by atoms with E-state index in [1.165, 1.54) is 13.3 Å². The predicted molar refractivity (Wildman–Crippen MR) is 76.2 cm³/mol. The molecule has 1 amide bonds. The summed E-state index contributed by atoms with van der Waals surface area (Å²) in [6, 6.07) is 7.21. The average molecular weight is 284 g/mol. The molecule has 1 aromatic carbocycles. The number of carbonyl (C=O) groups is 2. The largest absolute Gasteiger partial charge is 0.464 e. The zero-order valence-corrected chi connectivity index (χ0v) is 11.1. The van der Waals surface area contributed by atoms with Gasteiger partial charge in [0.1, 0.15) is 0 Å². The van der Waals surface area contributed by atoms with Gasteiger partial charge in [-0.05, 0) is 23.6 Å². The summed E-state index contributed by atoms with van der Waals surface area (Å²) in [4.78, 5) is 26.8. The second kappa shape index (κ2) is 5.12. The predicted octanol–water partition coefficient (Wildman–Crippen LogP) is 1.93. The molecule has 3 rings (SSSR count). The van der Waals surface area contributed by atoms with Gasteiger partial charge in [-0.25, -0.2) is 4.79 Å². The molecule has 0 aliphatic heterocycles. The molecule has 0 aliphatic rings. The van der Waals surface area contributed by atoms with Crippen molar-refractivity contribution >= 4 is 28.5 Å². The monoisotopic (exact) mass is 284 g/mol. The Morgan fingerprint density at radius 2 is 2.14 bits per heavy atom. The summed E-state index contributed by atoms with van der Waals surface area (Å²) >= 11 is 0. The molecule has 3 N–H and O–H groups in total. The van der Waals surface area contributed by atoms with Crippen LogP contribution in [0.2, 0.25) is 0 Å². The molecule has 0 aliphatic carbocycles. The standard InChI is InChI=1S/C14H12N4O3/c1-21-14(20)12-11(7-16-18-12)17-13(19)9-3-2-8-4-5-15-10(8)6-9/h2-7,15H,1H3,(H,16,18)(H,17,19). The molecule has 0 atom stereocenters. The highest BCUT2D eigenvalue weighted by molar-refractivity contribution is 6.08. The molecule has 106 valence electrons. The number of amides is 1. The van der Waals surface area contributed by atoms with Gasteiger partial charge in [0.25, 0.3) is 5.91 Å². The highest BCUT2D eigenvalue weighted by atomic mass is 16.5. The van der Waals surface area contributed by atoms with E-state index in [2.05, 4.69) is 25.2 Å². The van der Waals surface area contributed by atoms with Crippen LogP contribution in [0.5, 0.6) is 0 Å². The fourth-order valence-electron chi connectivity index (χ4n) is 2.02. The lowest BCUT2D eigenvalue weighted by Gasteiger charge is -2.05. The number of methoxy groups -OCH3 is 1. The number of aromatic nitrogens is 3. The van der Waals surface area contributed by atoms with E-state index in [9.17, 15) is 9.59 Å². The van der Waals surface area contributed by atoms with E-state index < -0.39 is 5.97 Å². The number of anilines is 1. The van der Waals surface area contributed by atoms with Gasteiger partial charge >= 0.3 is 5.97 Å². The second-order valence-electron chi connectivity index (χ2n) is 4.38. The van der Waals surface area contributed by atoms with Gasteiger partial charge in [-0.3, -0.25) is 9.89 Å². The van der Waals surface area contributed by atoms with Crippen LogP contribution in [0.1, 0.15) is 20.8 Å². The molecule has 0 unspecified atom stereocenters. The Kier molecular flexibility index (Phi) is 3.15. The first kappa shape index (κ1) is 12.9. The maximum absolute atomic E-state index is 12.2. The summed E-state index contributed by atoms with van der Waals surface area (Å²) in [5.41, 5.74) is 1.72. The van der Waals surface area contributed by atoms with Crippen molar-refractivity contribution < 1.29 is 14.3 Å². The zero-order valence-electron chi connectivity index (χ0n) is 11.1. The van der Waals surface area contributed by atoms with Gasteiger partial charge in [0.2, 0.25) is 0 Å². The van der Waals surface area contributed by atoms with Gasteiger partial charge in [-0.1, -0.05) is 6.07 Å². The Hall–Kier alpha value is -3.09. The molecule has 3 aromatic rings. The van der Waals surface area contributed by atoms with Crippen molar-refractivity contribution in [1.29, 1.82) is 0 Å². The molecule has 21 heavy (non-hydrogen) atoms. The molecule has 2 heterocycles. The molecule has 7 nitrogen and oxygen atoms in total. The van der Waals surface area contributed by atoms with Crippen molar-refractivity contribution in [2.75, 3.05) is 12.4 Å². The zero-order chi connectivity index (χ0) is 14.8. The topological polar surface area (TPSA) is 99.9 Å². The lowest BCUT2D eigenvalue weighted by molar-refractivity contribution is 0.0595. The third-order valence-electron chi connectivity index (χ3n) is 3.09. The first-order valence-electron chi connectivity index (χ1n) is 6.19.